The number of aliphatic imine (C=N–C) groups is 1. The smallest absolute Gasteiger partial charge is 0.191 e. The van der Waals surface area contributed by atoms with Crippen LogP contribution in [0.25, 0.3) is 0 Å². The number of aromatic nitrogens is 1. The number of guanidine groups is 1. The van der Waals surface area contributed by atoms with Crippen LogP contribution in [0.2, 0.25) is 0 Å². The van der Waals surface area contributed by atoms with Crippen LogP contribution in [0.1, 0.15) is 56.2 Å². The van der Waals surface area contributed by atoms with Crippen molar-refractivity contribution in [2.24, 2.45) is 10.9 Å². The van der Waals surface area contributed by atoms with E-state index >= 15 is 0 Å². The van der Waals surface area contributed by atoms with Crippen molar-refractivity contribution < 1.29 is 9.84 Å². The van der Waals surface area contributed by atoms with Gasteiger partial charge in [-0.15, -0.1) is 11.3 Å². The van der Waals surface area contributed by atoms with E-state index in [4.69, 9.17) is 4.74 Å². The number of nitrogens with zero attached hydrogens (tertiary/aromatic N) is 2. The molecule has 2 aromatic rings. The first-order valence-electron chi connectivity index (χ1n) is 10.3. The predicted molar refractivity (Wildman–Crippen MR) is 121 cm³/mol. The lowest BCUT2D eigenvalue weighted by Crippen LogP contribution is -2.39. The van der Waals surface area contributed by atoms with Gasteiger partial charge in [-0.3, -0.25) is 0 Å². The number of benzene rings is 1. The third-order valence-corrected chi connectivity index (χ3v) is 5.00. The normalized spacial score (nSPS) is 13.0. The first-order chi connectivity index (χ1) is 13.9. The zero-order chi connectivity index (χ0) is 21.2. The number of rotatable bonds is 10. The van der Waals surface area contributed by atoms with Crippen LogP contribution < -0.4 is 15.4 Å². The minimum absolute atomic E-state index is 0.0980. The van der Waals surface area contributed by atoms with Crippen LogP contribution in [-0.4, -0.2) is 35.2 Å². The Morgan fingerprint density at radius 3 is 2.72 bits per heavy atom. The number of hydrogen-bond acceptors (Lipinski definition) is 5. The maximum absolute atomic E-state index is 10.6. The van der Waals surface area contributed by atoms with Crippen molar-refractivity contribution >= 4 is 17.3 Å². The van der Waals surface area contributed by atoms with Crippen molar-refractivity contribution in [2.75, 3.05) is 13.1 Å². The molecule has 1 aromatic heterocycles. The molecule has 1 aromatic carbocycles. The van der Waals surface area contributed by atoms with Gasteiger partial charge in [0.2, 0.25) is 0 Å². The molecule has 0 saturated carbocycles. The maximum atomic E-state index is 10.6. The fraction of sp³-hybridized carbons (Fsp3) is 0.545. The molecule has 0 aliphatic carbocycles. The van der Waals surface area contributed by atoms with Gasteiger partial charge in [0, 0.05) is 30.6 Å². The summed E-state index contributed by atoms with van der Waals surface area (Å²) in [6.45, 7) is 12.1. The quantitative estimate of drug-likeness (QED) is 0.403. The van der Waals surface area contributed by atoms with E-state index in [9.17, 15) is 5.11 Å². The van der Waals surface area contributed by atoms with Gasteiger partial charge in [0.25, 0.3) is 0 Å². The second-order valence-electron chi connectivity index (χ2n) is 7.65. The Balaban J connectivity index is 1.94. The number of aliphatic hydroxyl groups excluding tert-OH is 1. The van der Waals surface area contributed by atoms with E-state index in [0.717, 1.165) is 34.2 Å². The van der Waals surface area contributed by atoms with Crippen molar-refractivity contribution in [1.82, 2.24) is 15.6 Å². The lowest BCUT2D eigenvalue weighted by atomic mass is 10.1. The number of aliphatic hydroxyl groups is 1. The molecule has 1 atom stereocenters. The highest BCUT2D eigenvalue weighted by Gasteiger charge is 2.11. The first kappa shape index (κ1) is 23.2. The molecule has 1 heterocycles. The summed E-state index contributed by atoms with van der Waals surface area (Å²) in [4.78, 5) is 10.2. The van der Waals surface area contributed by atoms with Gasteiger partial charge in [-0.25, -0.2) is 9.98 Å². The third-order valence-electron chi connectivity index (χ3n) is 4.00. The molecule has 3 N–H and O–H groups in total. The van der Waals surface area contributed by atoms with Crippen LogP contribution in [-0.2, 0) is 13.0 Å². The average molecular weight is 419 g/mol. The maximum Gasteiger partial charge on any atom is 0.191 e. The van der Waals surface area contributed by atoms with Crippen LogP contribution in [0.4, 0.5) is 0 Å². The van der Waals surface area contributed by atoms with E-state index in [2.05, 4.69) is 34.5 Å². The van der Waals surface area contributed by atoms with E-state index in [-0.39, 0.29) is 6.10 Å². The molecule has 0 saturated heterocycles. The molecule has 1 unspecified atom stereocenters. The van der Waals surface area contributed by atoms with Gasteiger partial charge in [0.15, 0.2) is 5.96 Å². The van der Waals surface area contributed by atoms with Gasteiger partial charge in [0.05, 0.1) is 23.8 Å². The van der Waals surface area contributed by atoms with E-state index in [1.807, 2.05) is 51.2 Å². The molecule has 29 heavy (non-hydrogen) atoms. The van der Waals surface area contributed by atoms with Crippen molar-refractivity contribution in [3.63, 3.8) is 0 Å². The van der Waals surface area contributed by atoms with Crippen LogP contribution >= 0.6 is 11.3 Å². The third kappa shape index (κ3) is 8.41. The Kier molecular flexibility index (Phi) is 9.41. The molecule has 0 radical (unpaired) electrons. The molecule has 7 heteroatoms. The van der Waals surface area contributed by atoms with Crippen LogP contribution in [0.5, 0.6) is 5.75 Å². The summed E-state index contributed by atoms with van der Waals surface area (Å²) in [5.74, 6) is 2.04. The summed E-state index contributed by atoms with van der Waals surface area (Å²) in [6.07, 6.45) is 2.35. The molecule has 2 rings (SSSR count). The Hall–Kier alpha value is -2.12. The van der Waals surface area contributed by atoms with Crippen LogP contribution in [0, 0.1) is 5.92 Å². The van der Waals surface area contributed by atoms with E-state index in [0.29, 0.717) is 25.0 Å². The minimum Gasteiger partial charge on any atom is -0.491 e. The number of nitrogens with one attached hydrogen (secondary N) is 2. The van der Waals surface area contributed by atoms with Gasteiger partial charge >= 0.3 is 0 Å². The van der Waals surface area contributed by atoms with E-state index < -0.39 is 6.10 Å². The topological polar surface area (TPSA) is 78.8 Å². The molecular formula is C22H34N4O2S. The Morgan fingerprint density at radius 2 is 2.03 bits per heavy atom. The van der Waals surface area contributed by atoms with Gasteiger partial charge in [-0.05, 0) is 44.4 Å². The molecule has 0 aliphatic rings. The molecule has 0 amide bonds. The SMILES string of the molecule is CCNC(=NCc1cnc(CC(C)C)s1)NCC(O)c1cccc(OC(C)C)c1. The molecule has 0 aliphatic heterocycles. The van der Waals surface area contributed by atoms with Crippen molar-refractivity contribution in [2.45, 2.75) is 59.8 Å². The number of thiazole rings is 1. The van der Waals surface area contributed by atoms with Crippen LogP contribution in [0.3, 0.4) is 0 Å². The van der Waals surface area contributed by atoms with Gasteiger partial charge in [-0.1, -0.05) is 26.0 Å². The fourth-order valence-corrected chi connectivity index (χ4v) is 3.80. The number of hydrogen-bond donors (Lipinski definition) is 3. The lowest BCUT2D eigenvalue weighted by Gasteiger charge is -2.17. The minimum atomic E-state index is -0.657. The standard InChI is InChI=1S/C22H34N4O2S/c1-6-23-22(25-13-19-12-24-21(29-19)10-15(2)3)26-14-20(27)17-8-7-9-18(11-17)28-16(4)5/h7-9,11-12,15-16,20,27H,6,10,13-14H2,1-5H3,(H2,23,25,26). The lowest BCUT2D eigenvalue weighted by molar-refractivity contribution is 0.179. The monoisotopic (exact) mass is 418 g/mol. The van der Waals surface area contributed by atoms with Gasteiger partial charge in [0.1, 0.15) is 5.75 Å². The van der Waals surface area contributed by atoms with E-state index in [1.54, 1.807) is 11.3 Å². The zero-order valence-electron chi connectivity index (χ0n) is 18.1. The molecule has 160 valence electrons. The summed E-state index contributed by atoms with van der Waals surface area (Å²) < 4.78 is 5.71. The fourth-order valence-electron chi connectivity index (χ4n) is 2.74. The summed E-state index contributed by atoms with van der Waals surface area (Å²) in [5.41, 5.74) is 0.812. The number of ether oxygens (including phenoxy) is 1. The molecule has 0 fully saturated rings. The first-order valence-corrected chi connectivity index (χ1v) is 11.1. The highest BCUT2D eigenvalue weighted by atomic mass is 32.1. The van der Waals surface area contributed by atoms with Gasteiger partial charge < -0.3 is 20.5 Å². The van der Waals surface area contributed by atoms with Crippen molar-refractivity contribution in [3.8, 4) is 5.75 Å². The predicted octanol–water partition coefficient (Wildman–Crippen LogP) is 3.92. The molecule has 0 spiro atoms. The summed E-state index contributed by atoms with van der Waals surface area (Å²) in [7, 11) is 0. The van der Waals surface area contributed by atoms with Gasteiger partial charge in [-0.2, -0.15) is 0 Å². The van der Waals surface area contributed by atoms with Crippen molar-refractivity contribution in [1.29, 1.82) is 0 Å². The molecule has 6 nitrogen and oxygen atoms in total. The summed E-state index contributed by atoms with van der Waals surface area (Å²) in [5, 5.41) is 18.2. The molecule has 0 bridgehead atoms. The summed E-state index contributed by atoms with van der Waals surface area (Å²) in [6, 6.07) is 7.58. The highest BCUT2D eigenvalue weighted by Crippen LogP contribution is 2.20. The summed E-state index contributed by atoms with van der Waals surface area (Å²) >= 11 is 1.71. The Labute approximate surface area is 178 Å². The second-order valence-corrected chi connectivity index (χ2v) is 8.85. The molecular weight excluding hydrogens is 384 g/mol. The average Bonchev–Trinajstić information content (AvgIpc) is 3.10. The van der Waals surface area contributed by atoms with Crippen LogP contribution in [0.15, 0.2) is 35.5 Å². The zero-order valence-corrected chi connectivity index (χ0v) is 18.9. The van der Waals surface area contributed by atoms with Crippen molar-refractivity contribution in [3.05, 3.63) is 45.9 Å². The highest BCUT2D eigenvalue weighted by molar-refractivity contribution is 7.11. The van der Waals surface area contributed by atoms with E-state index in [1.165, 1.54) is 0 Å². The Morgan fingerprint density at radius 1 is 1.24 bits per heavy atom. The largest absolute Gasteiger partial charge is 0.491 e. The Bertz CT molecular complexity index is 774. The second kappa shape index (κ2) is 11.8.